The van der Waals surface area contributed by atoms with E-state index in [1.165, 1.54) is 7.11 Å². The Labute approximate surface area is 204 Å². The maximum atomic E-state index is 12.1. The molecule has 0 atom stereocenters. The van der Waals surface area contributed by atoms with E-state index in [4.69, 9.17) is 14.6 Å². The number of benzene rings is 1. The van der Waals surface area contributed by atoms with E-state index in [1.807, 2.05) is 68.5 Å². The van der Waals surface area contributed by atoms with E-state index in [2.05, 4.69) is 16.5 Å². The number of nitrogens with zero attached hydrogens (tertiary/aromatic N) is 4. The molecule has 0 aliphatic rings. The maximum absolute atomic E-state index is 12.1. The molecule has 0 spiro atoms. The molecular formula is C28H26N4O3. The first-order chi connectivity index (χ1) is 17.0. The third-order valence-electron chi connectivity index (χ3n) is 5.33. The normalized spacial score (nSPS) is 11.7. The number of hydrogen-bond acceptors (Lipinski definition) is 6. The van der Waals surface area contributed by atoms with Crippen LogP contribution in [0, 0.1) is 0 Å². The molecule has 4 rings (SSSR count). The fourth-order valence-corrected chi connectivity index (χ4v) is 3.49. The summed E-state index contributed by atoms with van der Waals surface area (Å²) in [6.07, 6.45) is 11.1. The molecule has 0 N–H and O–H groups in total. The summed E-state index contributed by atoms with van der Waals surface area (Å²) in [5.74, 6) is 0.233. The predicted octanol–water partition coefficient (Wildman–Crippen LogP) is 5.70. The van der Waals surface area contributed by atoms with Crippen molar-refractivity contribution >= 4 is 11.6 Å². The van der Waals surface area contributed by atoms with Crippen molar-refractivity contribution < 1.29 is 14.3 Å². The van der Waals surface area contributed by atoms with Gasteiger partial charge in [-0.05, 0) is 55.3 Å². The van der Waals surface area contributed by atoms with E-state index in [0.29, 0.717) is 12.3 Å². The monoisotopic (exact) mass is 466 g/mol. The highest BCUT2D eigenvalue weighted by Gasteiger charge is 2.19. The first-order valence-electron chi connectivity index (χ1n) is 11.1. The number of allylic oxidation sites excluding steroid dienone is 3. The third kappa shape index (κ3) is 5.35. The summed E-state index contributed by atoms with van der Waals surface area (Å²) in [6.45, 7) is 8.26. The lowest BCUT2D eigenvalue weighted by molar-refractivity contribution is 0.0594. The van der Waals surface area contributed by atoms with Gasteiger partial charge in [0.25, 0.3) is 0 Å². The van der Waals surface area contributed by atoms with Crippen LogP contribution in [0.25, 0.3) is 28.0 Å². The highest BCUT2D eigenvalue weighted by atomic mass is 16.5. The van der Waals surface area contributed by atoms with Crippen LogP contribution >= 0.6 is 0 Å². The van der Waals surface area contributed by atoms with Gasteiger partial charge in [0.15, 0.2) is 11.3 Å². The number of aromatic nitrogens is 4. The fraction of sp³-hybridized carbons (Fsp3) is 0.143. The number of pyridine rings is 1. The summed E-state index contributed by atoms with van der Waals surface area (Å²) in [6, 6.07) is 13.1. The van der Waals surface area contributed by atoms with Crippen molar-refractivity contribution in [2.24, 2.45) is 0 Å². The summed E-state index contributed by atoms with van der Waals surface area (Å²) in [5, 5.41) is 4.73. The van der Waals surface area contributed by atoms with Crippen LogP contribution in [0.5, 0.6) is 5.75 Å². The van der Waals surface area contributed by atoms with Gasteiger partial charge in [0.05, 0.1) is 12.7 Å². The first kappa shape index (κ1) is 23.6. The number of ether oxygens (including phenoxy) is 2. The van der Waals surface area contributed by atoms with E-state index in [9.17, 15) is 4.79 Å². The Morgan fingerprint density at radius 2 is 1.80 bits per heavy atom. The van der Waals surface area contributed by atoms with Crippen LogP contribution in [-0.4, -0.2) is 39.3 Å². The van der Waals surface area contributed by atoms with E-state index in [1.54, 1.807) is 29.2 Å². The molecule has 0 saturated carbocycles. The fourth-order valence-electron chi connectivity index (χ4n) is 3.49. The standard InChI is InChI=1S/C28H26N4O3/c1-5-20(7-6-19(2)3)18-35-23-10-8-21(9-11-23)25-26(22-12-15-29-16-13-22)31-32-17-14-24(28(33)34-4)30-27(25)32/h5-17H,2,18H2,1,3-4H3/b7-6-,20-5+. The number of hydrogen-bond donors (Lipinski definition) is 0. The molecule has 3 heterocycles. The van der Waals surface area contributed by atoms with Gasteiger partial charge in [0.2, 0.25) is 0 Å². The van der Waals surface area contributed by atoms with E-state index >= 15 is 0 Å². The second kappa shape index (κ2) is 10.6. The number of carbonyl (C=O) groups excluding carboxylic acids is 1. The van der Waals surface area contributed by atoms with Gasteiger partial charge in [-0.2, -0.15) is 5.10 Å². The molecule has 1 aromatic carbocycles. The van der Waals surface area contributed by atoms with Crippen LogP contribution < -0.4 is 4.74 Å². The molecule has 0 amide bonds. The first-order valence-corrected chi connectivity index (χ1v) is 11.1. The number of rotatable bonds is 8. The number of fused-ring (bicyclic) bond motifs is 1. The third-order valence-corrected chi connectivity index (χ3v) is 5.33. The molecular weight excluding hydrogens is 440 g/mol. The highest BCUT2D eigenvalue weighted by molar-refractivity contribution is 5.93. The lowest BCUT2D eigenvalue weighted by Gasteiger charge is -2.09. The lowest BCUT2D eigenvalue weighted by Crippen LogP contribution is -2.05. The molecule has 7 heteroatoms. The van der Waals surface area contributed by atoms with Gasteiger partial charge in [0.1, 0.15) is 18.1 Å². The van der Waals surface area contributed by atoms with Crippen LogP contribution in [-0.2, 0) is 4.74 Å². The van der Waals surface area contributed by atoms with Gasteiger partial charge in [-0.3, -0.25) is 4.98 Å². The largest absolute Gasteiger partial charge is 0.489 e. The van der Waals surface area contributed by atoms with Crippen molar-refractivity contribution in [2.75, 3.05) is 13.7 Å². The molecule has 0 aliphatic carbocycles. The summed E-state index contributed by atoms with van der Waals surface area (Å²) in [7, 11) is 1.33. The minimum absolute atomic E-state index is 0.212. The topological polar surface area (TPSA) is 78.6 Å². The van der Waals surface area contributed by atoms with Crippen molar-refractivity contribution in [1.29, 1.82) is 0 Å². The van der Waals surface area contributed by atoms with Gasteiger partial charge in [-0.1, -0.05) is 42.5 Å². The smallest absolute Gasteiger partial charge is 0.356 e. The minimum atomic E-state index is -0.505. The van der Waals surface area contributed by atoms with Crippen molar-refractivity contribution in [3.05, 3.63) is 103 Å². The van der Waals surface area contributed by atoms with Gasteiger partial charge < -0.3 is 9.47 Å². The molecule has 7 nitrogen and oxygen atoms in total. The van der Waals surface area contributed by atoms with Crippen LogP contribution in [0.1, 0.15) is 24.3 Å². The van der Waals surface area contributed by atoms with Crippen LogP contribution in [0.4, 0.5) is 0 Å². The van der Waals surface area contributed by atoms with Gasteiger partial charge >= 0.3 is 5.97 Å². The average Bonchev–Trinajstić information content (AvgIpc) is 3.28. The summed E-state index contributed by atoms with van der Waals surface area (Å²) in [5.41, 5.74) is 6.11. The van der Waals surface area contributed by atoms with Crippen molar-refractivity contribution in [3.63, 3.8) is 0 Å². The SMILES string of the molecule is C=C(C)/C=C\C(=C/C)COc1ccc(-c2c(-c3ccncc3)nn3ccc(C(=O)OC)nc23)cc1. The molecule has 3 aromatic heterocycles. The van der Waals surface area contributed by atoms with Crippen LogP contribution in [0.2, 0.25) is 0 Å². The van der Waals surface area contributed by atoms with E-state index in [-0.39, 0.29) is 5.69 Å². The molecule has 0 radical (unpaired) electrons. The molecule has 35 heavy (non-hydrogen) atoms. The van der Waals surface area contributed by atoms with Crippen LogP contribution in [0.3, 0.4) is 0 Å². The quantitative estimate of drug-likeness (QED) is 0.245. The van der Waals surface area contributed by atoms with Gasteiger partial charge in [-0.15, -0.1) is 0 Å². The lowest BCUT2D eigenvalue weighted by atomic mass is 10.0. The number of carbonyl (C=O) groups is 1. The van der Waals surface area contributed by atoms with Crippen molar-refractivity contribution in [1.82, 2.24) is 19.6 Å². The average molecular weight is 467 g/mol. The Morgan fingerprint density at radius 1 is 1.06 bits per heavy atom. The highest BCUT2D eigenvalue weighted by Crippen LogP contribution is 2.35. The number of esters is 1. The predicted molar refractivity (Wildman–Crippen MR) is 136 cm³/mol. The molecule has 176 valence electrons. The second-order valence-corrected chi connectivity index (χ2v) is 7.89. The Hall–Kier alpha value is -4.52. The van der Waals surface area contributed by atoms with Gasteiger partial charge in [-0.25, -0.2) is 14.3 Å². The minimum Gasteiger partial charge on any atom is -0.489 e. The number of methoxy groups -OCH3 is 1. The molecule has 0 saturated heterocycles. The molecule has 0 bridgehead atoms. The maximum Gasteiger partial charge on any atom is 0.356 e. The van der Waals surface area contributed by atoms with Crippen LogP contribution in [0.15, 0.2) is 97.0 Å². The Kier molecular flexibility index (Phi) is 7.16. The zero-order valence-corrected chi connectivity index (χ0v) is 19.9. The Morgan fingerprint density at radius 3 is 2.46 bits per heavy atom. The van der Waals surface area contributed by atoms with E-state index < -0.39 is 5.97 Å². The second-order valence-electron chi connectivity index (χ2n) is 7.89. The van der Waals surface area contributed by atoms with Crippen molar-refractivity contribution in [2.45, 2.75) is 13.8 Å². The van der Waals surface area contributed by atoms with Gasteiger partial charge in [0, 0.05) is 24.2 Å². The zero-order chi connectivity index (χ0) is 24.8. The zero-order valence-electron chi connectivity index (χ0n) is 19.9. The Bertz CT molecular complexity index is 1420. The van der Waals surface area contributed by atoms with E-state index in [0.717, 1.165) is 39.3 Å². The molecule has 0 unspecified atom stereocenters. The molecule has 0 aliphatic heterocycles. The molecule has 0 fully saturated rings. The Balaban J connectivity index is 1.71. The summed E-state index contributed by atoms with van der Waals surface area (Å²) < 4.78 is 12.5. The summed E-state index contributed by atoms with van der Waals surface area (Å²) in [4.78, 5) is 20.8. The van der Waals surface area contributed by atoms with Crippen molar-refractivity contribution in [3.8, 4) is 28.1 Å². The molecule has 4 aromatic rings. The summed E-state index contributed by atoms with van der Waals surface area (Å²) >= 11 is 0.